The molecule has 0 radical (unpaired) electrons. The van der Waals surface area contributed by atoms with Crippen LogP contribution in [0.2, 0.25) is 0 Å². The molecule has 0 aliphatic heterocycles. The van der Waals surface area contributed by atoms with E-state index in [0.717, 1.165) is 3.97 Å². The van der Waals surface area contributed by atoms with Gasteiger partial charge in [0.1, 0.15) is 17.4 Å². The van der Waals surface area contributed by atoms with Crippen LogP contribution in [-0.4, -0.2) is 41.0 Å². The van der Waals surface area contributed by atoms with Gasteiger partial charge in [0.05, 0.1) is 17.1 Å². The maximum absolute atomic E-state index is 13.6. The van der Waals surface area contributed by atoms with E-state index in [4.69, 9.17) is 4.74 Å². The number of hydrogen-bond donors (Lipinski definition) is 0. The molecule has 0 bridgehead atoms. The smallest absolute Gasteiger partial charge is 0.410 e. The summed E-state index contributed by atoms with van der Waals surface area (Å²) >= 11 is 0. The minimum Gasteiger partial charge on any atom is -0.444 e. The molecule has 33 heavy (non-hydrogen) atoms. The summed E-state index contributed by atoms with van der Waals surface area (Å²) in [5.74, 6) is 0. The Bertz CT molecular complexity index is 1330. The number of amides is 1. The van der Waals surface area contributed by atoms with E-state index in [1.807, 2.05) is 6.07 Å². The maximum atomic E-state index is 13.6. The van der Waals surface area contributed by atoms with Crippen LogP contribution in [0.25, 0.3) is 11.3 Å². The third-order valence-corrected chi connectivity index (χ3v) is 6.62. The lowest BCUT2D eigenvalue weighted by Crippen LogP contribution is -2.33. The second kappa shape index (κ2) is 9.08. The first-order chi connectivity index (χ1) is 15.4. The Labute approximate surface area is 194 Å². The van der Waals surface area contributed by atoms with E-state index in [0.29, 0.717) is 16.7 Å². The Morgan fingerprint density at radius 2 is 1.91 bits per heavy atom. The van der Waals surface area contributed by atoms with Crippen LogP contribution in [0.5, 0.6) is 0 Å². The van der Waals surface area contributed by atoms with Crippen molar-refractivity contribution in [2.45, 2.75) is 44.7 Å². The third-order valence-electron chi connectivity index (χ3n) is 4.79. The molecule has 2 heterocycles. The first-order valence-electron chi connectivity index (χ1n) is 10.3. The number of aromatic nitrogens is 2. The Kier molecular flexibility index (Phi) is 6.60. The van der Waals surface area contributed by atoms with E-state index in [9.17, 15) is 18.5 Å². The molecule has 0 aliphatic carbocycles. The summed E-state index contributed by atoms with van der Waals surface area (Å²) in [4.78, 5) is 18.0. The van der Waals surface area contributed by atoms with E-state index >= 15 is 0 Å². The molecule has 0 fully saturated rings. The predicted octanol–water partition coefficient (Wildman–Crippen LogP) is 4.33. The zero-order valence-corrected chi connectivity index (χ0v) is 20.0. The van der Waals surface area contributed by atoms with Gasteiger partial charge >= 0.3 is 6.09 Å². The van der Waals surface area contributed by atoms with Crippen molar-refractivity contribution in [1.29, 1.82) is 5.26 Å². The summed E-state index contributed by atoms with van der Waals surface area (Å²) in [6.45, 7) is 7.15. The van der Waals surface area contributed by atoms with Gasteiger partial charge in [-0.3, -0.25) is 0 Å². The SMILES string of the molecule is Cc1ccccc1S(=O)(=O)n1cc(CN(C)C(=O)OC(C)(C)C)cc1-c1cccnc1C#N. The minimum atomic E-state index is -3.99. The zero-order chi connectivity index (χ0) is 24.4. The van der Waals surface area contributed by atoms with Gasteiger partial charge in [0.2, 0.25) is 0 Å². The fourth-order valence-corrected chi connectivity index (χ4v) is 4.93. The number of ether oxygens (including phenoxy) is 1. The van der Waals surface area contributed by atoms with Gasteiger partial charge in [-0.2, -0.15) is 5.26 Å². The van der Waals surface area contributed by atoms with Crippen molar-refractivity contribution in [2.75, 3.05) is 7.05 Å². The molecule has 3 aromatic rings. The van der Waals surface area contributed by atoms with Gasteiger partial charge in [0, 0.05) is 25.0 Å². The standard InChI is InChI=1S/C24H26N4O4S/c1-17-9-6-7-11-22(17)33(30,31)28-16-18(15-27(5)23(29)32-24(2,3)4)13-21(28)19-10-8-12-26-20(19)14-25/h6-13,16H,15H2,1-5H3. The highest BCUT2D eigenvalue weighted by atomic mass is 32.2. The van der Waals surface area contributed by atoms with Gasteiger partial charge < -0.3 is 9.64 Å². The number of rotatable bonds is 5. The first-order valence-corrected chi connectivity index (χ1v) is 11.7. The van der Waals surface area contributed by atoms with Crippen molar-refractivity contribution in [1.82, 2.24) is 13.9 Å². The third kappa shape index (κ3) is 5.23. The van der Waals surface area contributed by atoms with Crippen LogP contribution in [0.1, 0.15) is 37.6 Å². The molecule has 0 saturated heterocycles. The van der Waals surface area contributed by atoms with Crippen molar-refractivity contribution in [2.24, 2.45) is 0 Å². The second-order valence-corrected chi connectivity index (χ2v) is 10.4. The predicted molar refractivity (Wildman–Crippen MR) is 124 cm³/mol. The largest absolute Gasteiger partial charge is 0.444 e. The molecule has 1 aromatic carbocycles. The molecule has 8 nitrogen and oxygen atoms in total. The Balaban J connectivity index is 2.13. The Hall–Kier alpha value is -3.64. The highest BCUT2D eigenvalue weighted by Crippen LogP contribution is 2.30. The summed E-state index contributed by atoms with van der Waals surface area (Å²) in [6, 6.07) is 13.6. The fraction of sp³-hybridized carbons (Fsp3) is 0.292. The Morgan fingerprint density at radius 3 is 2.55 bits per heavy atom. The number of carbonyl (C=O) groups excluding carboxylic acids is 1. The lowest BCUT2D eigenvalue weighted by Gasteiger charge is -2.24. The number of nitriles is 1. The van der Waals surface area contributed by atoms with Crippen molar-refractivity contribution in [3.63, 3.8) is 0 Å². The van der Waals surface area contributed by atoms with Crippen molar-refractivity contribution >= 4 is 16.1 Å². The maximum Gasteiger partial charge on any atom is 0.410 e. The van der Waals surface area contributed by atoms with Gasteiger partial charge in [-0.15, -0.1) is 0 Å². The van der Waals surface area contributed by atoms with Gasteiger partial charge in [0.15, 0.2) is 0 Å². The first kappa shape index (κ1) is 24.0. The average molecular weight is 467 g/mol. The van der Waals surface area contributed by atoms with Crippen LogP contribution >= 0.6 is 0 Å². The van der Waals surface area contributed by atoms with Crippen LogP contribution in [0.15, 0.2) is 59.8 Å². The van der Waals surface area contributed by atoms with E-state index in [-0.39, 0.29) is 22.8 Å². The number of carbonyl (C=O) groups is 1. The molecule has 0 aliphatic rings. The Morgan fingerprint density at radius 1 is 1.21 bits per heavy atom. The van der Waals surface area contributed by atoms with Crippen LogP contribution in [0.4, 0.5) is 4.79 Å². The average Bonchev–Trinajstić information content (AvgIpc) is 3.17. The van der Waals surface area contributed by atoms with Gasteiger partial charge in [0.25, 0.3) is 10.0 Å². The molecule has 172 valence electrons. The summed E-state index contributed by atoms with van der Waals surface area (Å²) < 4.78 is 33.8. The summed E-state index contributed by atoms with van der Waals surface area (Å²) in [7, 11) is -2.42. The number of hydrogen-bond acceptors (Lipinski definition) is 6. The zero-order valence-electron chi connectivity index (χ0n) is 19.2. The quantitative estimate of drug-likeness (QED) is 0.554. The van der Waals surface area contributed by atoms with Crippen LogP contribution in [-0.2, 0) is 21.3 Å². The van der Waals surface area contributed by atoms with Gasteiger partial charge in [-0.25, -0.2) is 22.2 Å². The van der Waals surface area contributed by atoms with Gasteiger partial charge in [-0.05, 0) is 63.1 Å². The van der Waals surface area contributed by atoms with Crippen molar-refractivity contribution in [3.8, 4) is 17.3 Å². The second-order valence-electron chi connectivity index (χ2n) is 8.65. The topological polar surface area (TPSA) is 105 Å². The lowest BCUT2D eigenvalue weighted by atomic mass is 10.1. The van der Waals surface area contributed by atoms with Crippen molar-refractivity contribution in [3.05, 3.63) is 71.7 Å². The number of pyridine rings is 1. The summed E-state index contributed by atoms with van der Waals surface area (Å²) in [5, 5.41) is 9.53. The molecule has 3 rings (SSSR count). The van der Waals surface area contributed by atoms with E-state index < -0.39 is 21.7 Å². The van der Waals surface area contributed by atoms with Gasteiger partial charge in [-0.1, -0.05) is 18.2 Å². The summed E-state index contributed by atoms with van der Waals surface area (Å²) in [5.41, 5.74) is 1.26. The van der Waals surface area contributed by atoms with E-state index in [1.54, 1.807) is 71.1 Å². The summed E-state index contributed by atoms with van der Waals surface area (Å²) in [6.07, 6.45) is 2.41. The van der Waals surface area contributed by atoms with E-state index in [2.05, 4.69) is 4.98 Å². The van der Waals surface area contributed by atoms with Crippen LogP contribution in [0, 0.1) is 18.3 Å². The molecule has 2 aromatic heterocycles. The molecule has 0 unspecified atom stereocenters. The molecule has 0 atom stereocenters. The monoisotopic (exact) mass is 466 g/mol. The highest BCUT2D eigenvalue weighted by molar-refractivity contribution is 7.90. The van der Waals surface area contributed by atoms with Crippen LogP contribution in [0.3, 0.4) is 0 Å². The molecule has 1 amide bonds. The van der Waals surface area contributed by atoms with Crippen LogP contribution < -0.4 is 0 Å². The lowest BCUT2D eigenvalue weighted by molar-refractivity contribution is 0.0285. The molecular weight excluding hydrogens is 440 g/mol. The molecule has 0 spiro atoms. The minimum absolute atomic E-state index is 0.101. The van der Waals surface area contributed by atoms with Crippen molar-refractivity contribution < 1.29 is 17.9 Å². The number of benzene rings is 1. The van der Waals surface area contributed by atoms with E-state index in [1.165, 1.54) is 23.4 Å². The number of nitrogens with zero attached hydrogens (tertiary/aromatic N) is 4. The highest BCUT2D eigenvalue weighted by Gasteiger charge is 2.26. The molecule has 0 N–H and O–H groups in total. The number of aryl methyl sites for hydroxylation is 1. The molecule has 0 saturated carbocycles. The fourth-order valence-electron chi connectivity index (χ4n) is 3.31. The molecule has 9 heteroatoms. The normalized spacial score (nSPS) is 11.6. The molecular formula is C24H26N4O4S.